The summed E-state index contributed by atoms with van der Waals surface area (Å²) >= 11 is 0. The number of H-pyrrole nitrogens is 1. The molecule has 42 heavy (non-hydrogen) atoms. The fourth-order valence-electron chi connectivity index (χ4n) is 3.78. The third-order valence-corrected chi connectivity index (χ3v) is 5.73. The Morgan fingerprint density at radius 3 is 2.02 bits per heavy atom. The lowest BCUT2D eigenvalue weighted by Gasteiger charge is -2.12. The molecule has 0 saturated carbocycles. The number of hydrogen-bond donors (Lipinski definition) is 4. The fraction of sp³-hybridized carbons (Fsp3) is 0.222. The SMILES string of the molecule is Fc1ccc2c(c1)CC(NCc1ccc(Oc3ccc4nc[nH]c4c3)cc1)C2.O=C(O)C(F)(F)F.O=C(O)C(F)(F)F. The molecule has 0 radical (unpaired) electrons. The number of carboxylic acid groups (broad SMARTS) is 2. The van der Waals surface area contributed by atoms with Crippen LogP contribution in [0.1, 0.15) is 16.7 Å². The number of hydrogen-bond acceptors (Lipinski definition) is 5. The highest BCUT2D eigenvalue weighted by atomic mass is 19.4. The highest BCUT2D eigenvalue weighted by Crippen LogP contribution is 2.26. The Hall–Kier alpha value is -4.66. The number of ether oxygens (including phenoxy) is 1. The molecule has 3 aromatic carbocycles. The second-order valence-corrected chi connectivity index (χ2v) is 8.83. The topological polar surface area (TPSA) is 125 Å². The predicted octanol–water partition coefficient (Wildman–Crippen LogP) is 6.02. The van der Waals surface area contributed by atoms with Gasteiger partial charge in [0.25, 0.3) is 0 Å². The number of nitrogens with zero attached hydrogens (tertiary/aromatic N) is 1. The number of nitrogens with one attached hydrogen (secondary N) is 2. The minimum atomic E-state index is -5.08. The van der Waals surface area contributed by atoms with Crippen molar-refractivity contribution in [1.29, 1.82) is 0 Å². The molecule has 8 nitrogen and oxygen atoms in total. The van der Waals surface area contributed by atoms with Crippen molar-refractivity contribution < 1.29 is 55.3 Å². The van der Waals surface area contributed by atoms with Crippen LogP contribution in [0.25, 0.3) is 11.0 Å². The number of aliphatic carboxylic acids is 2. The summed E-state index contributed by atoms with van der Waals surface area (Å²) in [6.07, 6.45) is -6.66. The molecule has 1 heterocycles. The largest absolute Gasteiger partial charge is 0.490 e. The maximum Gasteiger partial charge on any atom is 0.490 e. The second kappa shape index (κ2) is 13.3. The highest BCUT2D eigenvalue weighted by Gasteiger charge is 2.38. The first-order valence-electron chi connectivity index (χ1n) is 11.9. The lowest BCUT2D eigenvalue weighted by molar-refractivity contribution is -0.193. The van der Waals surface area contributed by atoms with Crippen LogP contribution in [0, 0.1) is 5.82 Å². The van der Waals surface area contributed by atoms with Gasteiger partial charge in [-0.2, -0.15) is 26.3 Å². The molecule has 1 atom stereocenters. The number of imidazole rings is 1. The summed E-state index contributed by atoms with van der Waals surface area (Å²) in [5.41, 5.74) is 5.44. The molecule has 4 aromatic rings. The summed E-state index contributed by atoms with van der Waals surface area (Å²) in [6.45, 7) is 0.779. The molecule has 4 N–H and O–H groups in total. The van der Waals surface area contributed by atoms with Gasteiger partial charge in [0.1, 0.15) is 17.3 Å². The Morgan fingerprint density at radius 1 is 0.857 bits per heavy atom. The van der Waals surface area contributed by atoms with Crippen LogP contribution in [-0.2, 0) is 29.0 Å². The van der Waals surface area contributed by atoms with E-state index in [9.17, 15) is 30.7 Å². The molecule has 5 rings (SSSR count). The molecular weight excluding hydrogens is 579 g/mol. The van der Waals surface area contributed by atoms with Crippen molar-refractivity contribution in [3.63, 3.8) is 0 Å². The van der Waals surface area contributed by atoms with E-state index in [0.29, 0.717) is 6.04 Å². The average Bonchev–Trinajstić information content (AvgIpc) is 3.54. The number of carboxylic acids is 2. The van der Waals surface area contributed by atoms with E-state index in [2.05, 4.69) is 27.4 Å². The van der Waals surface area contributed by atoms with E-state index in [1.807, 2.05) is 36.4 Å². The Bertz CT molecular complexity index is 1500. The van der Waals surface area contributed by atoms with Gasteiger partial charge in [-0.25, -0.2) is 19.0 Å². The molecule has 1 unspecified atom stereocenters. The van der Waals surface area contributed by atoms with E-state index in [0.717, 1.165) is 47.5 Å². The van der Waals surface area contributed by atoms with E-state index < -0.39 is 24.3 Å². The van der Waals surface area contributed by atoms with Crippen LogP contribution in [0.3, 0.4) is 0 Å². The number of aromatic amines is 1. The molecule has 0 bridgehead atoms. The summed E-state index contributed by atoms with van der Waals surface area (Å²) in [6, 6.07) is 19.3. The fourth-order valence-corrected chi connectivity index (χ4v) is 3.78. The van der Waals surface area contributed by atoms with Gasteiger partial charge >= 0.3 is 24.3 Å². The molecule has 15 heteroatoms. The van der Waals surface area contributed by atoms with Gasteiger partial charge < -0.3 is 25.3 Å². The van der Waals surface area contributed by atoms with Crippen molar-refractivity contribution in [2.24, 2.45) is 0 Å². The number of aromatic nitrogens is 2. The van der Waals surface area contributed by atoms with Gasteiger partial charge in [0, 0.05) is 18.7 Å². The third kappa shape index (κ3) is 9.47. The molecule has 0 spiro atoms. The minimum Gasteiger partial charge on any atom is -0.475 e. The Kier molecular flexibility index (Phi) is 10.1. The third-order valence-electron chi connectivity index (χ3n) is 5.73. The molecule has 0 saturated heterocycles. The van der Waals surface area contributed by atoms with Gasteiger partial charge in [0.15, 0.2) is 0 Å². The first-order chi connectivity index (χ1) is 19.6. The quantitative estimate of drug-likeness (QED) is 0.206. The van der Waals surface area contributed by atoms with Gasteiger partial charge in [-0.3, -0.25) is 0 Å². The van der Waals surface area contributed by atoms with Crippen LogP contribution in [0.4, 0.5) is 30.7 Å². The lowest BCUT2D eigenvalue weighted by atomic mass is 10.1. The lowest BCUT2D eigenvalue weighted by Crippen LogP contribution is -2.28. The smallest absolute Gasteiger partial charge is 0.475 e. The first kappa shape index (κ1) is 31.9. The van der Waals surface area contributed by atoms with E-state index in [1.54, 1.807) is 18.5 Å². The Labute approximate surface area is 232 Å². The van der Waals surface area contributed by atoms with Crippen molar-refractivity contribution in [2.75, 3.05) is 0 Å². The standard InChI is InChI=1S/C23H20FN3O.2C2HF3O2/c24-18-4-3-16-10-19(11-17(16)9-18)25-13-15-1-5-20(6-2-15)28-21-7-8-22-23(12-21)27-14-26-22;2*3-2(4,5)1(6)7/h1-9,12,14,19,25H,10-11,13H2,(H,26,27);2*(H,6,7). The zero-order valence-electron chi connectivity index (χ0n) is 21.3. The molecule has 0 aliphatic heterocycles. The zero-order chi connectivity index (χ0) is 31.1. The van der Waals surface area contributed by atoms with Crippen LogP contribution in [-0.4, -0.2) is 50.5 Å². The van der Waals surface area contributed by atoms with Gasteiger partial charge in [-0.1, -0.05) is 18.2 Å². The van der Waals surface area contributed by atoms with Gasteiger partial charge in [-0.15, -0.1) is 0 Å². The van der Waals surface area contributed by atoms with E-state index in [-0.39, 0.29) is 5.82 Å². The number of alkyl halides is 6. The Balaban J connectivity index is 0.000000289. The molecule has 0 amide bonds. The zero-order valence-corrected chi connectivity index (χ0v) is 21.3. The maximum absolute atomic E-state index is 13.4. The van der Waals surface area contributed by atoms with Crippen LogP contribution in [0.2, 0.25) is 0 Å². The molecule has 1 aliphatic rings. The molecule has 224 valence electrons. The van der Waals surface area contributed by atoms with Crippen LogP contribution in [0.15, 0.2) is 67.0 Å². The van der Waals surface area contributed by atoms with E-state index in [1.165, 1.54) is 11.1 Å². The van der Waals surface area contributed by atoms with E-state index in [4.69, 9.17) is 24.5 Å². The average molecular weight is 601 g/mol. The van der Waals surface area contributed by atoms with Crippen LogP contribution in [0.5, 0.6) is 11.5 Å². The van der Waals surface area contributed by atoms with E-state index >= 15 is 0 Å². The summed E-state index contributed by atoms with van der Waals surface area (Å²) in [5, 5.41) is 17.8. The number of halogens is 7. The number of benzene rings is 3. The number of carbonyl (C=O) groups is 2. The van der Waals surface area contributed by atoms with Crippen molar-refractivity contribution in [3.05, 3.63) is 89.5 Å². The van der Waals surface area contributed by atoms with Crippen molar-refractivity contribution in [3.8, 4) is 11.5 Å². The van der Waals surface area contributed by atoms with Gasteiger partial charge in [0.05, 0.1) is 17.4 Å². The Morgan fingerprint density at radius 2 is 1.43 bits per heavy atom. The minimum absolute atomic E-state index is 0.151. The summed E-state index contributed by atoms with van der Waals surface area (Å²) in [7, 11) is 0. The van der Waals surface area contributed by atoms with Crippen LogP contribution >= 0.6 is 0 Å². The maximum atomic E-state index is 13.4. The van der Waals surface area contributed by atoms with Gasteiger partial charge in [-0.05, 0) is 65.9 Å². The molecule has 0 fully saturated rings. The van der Waals surface area contributed by atoms with Crippen molar-refractivity contribution >= 4 is 23.0 Å². The van der Waals surface area contributed by atoms with Crippen molar-refractivity contribution in [1.82, 2.24) is 15.3 Å². The molecule has 1 aliphatic carbocycles. The monoisotopic (exact) mass is 601 g/mol. The predicted molar refractivity (Wildman–Crippen MR) is 134 cm³/mol. The second-order valence-electron chi connectivity index (χ2n) is 8.83. The first-order valence-corrected chi connectivity index (χ1v) is 11.9. The number of rotatable bonds is 5. The summed E-state index contributed by atoms with van der Waals surface area (Å²) in [4.78, 5) is 25.1. The summed E-state index contributed by atoms with van der Waals surface area (Å²) in [5.74, 6) is -4.09. The normalized spacial score (nSPS) is 14.2. The molecular formula is C27H22F7N3O5. The summed E-state index contributed by atoms with van der Waals surface area (Å²) < 4.78 is 82.8. The molecule has 1 aromatic heterocycles. The van der Waals surface area contributed by atoms with Crippen molar-refractivity contribution in [2.45, 2.75) is 37.8 Å². The highest BCUT2D eigenvalue weighted by molar-refractivity contribution is 5.76. The number of fused-ring (bicyclic) bond motifs is 2. The van der Waals surface area contributed by atoms with Crippen LogP contribution < -0.4 is 10.1 Å². The van der Waals surface area contributed by atoms with Gasteiger partial charge in [0.2, 0.25) is 0 Å².